The number of piperidine rings is 1. The fraction of sp³-hybridized carbons (Fsp3) is 0.217. The van der Waals surface area contributed by atoms with E-state index in [9.17, 15) is 9.59 Å². The smallest absolute Gasteiger partial charge is 0.335 e. The first kappa shape index (κ1) is 18.0. The molecule has 1 aromatic heterocycles. The predicted molar refractivity (Wildman–Crippen MR) is 105 cm³/mol. The molecule has 3 aromatic rings. The zero-order valence-electron chi connectivity index (χ0n) is 15.4. The van der Waals surface area contributed by atoms with E-state index < -0.39 is 5.97 Å². The largest absolute Gasteiger partial charge is 0.478 e. The van der Waals surface area contributed by atoms with Gasteiger partial charge in [-0.1, -0.05) is 24.3 Å². The van der Waals surface area contributed by atoms with Crippen molar-refractivity contribution in [3.05, 3.63) is 83.6 Å². The number of carboxylic acid groups (broad SMARTS) is 1. The van der Waals surface area contributed by atoms with Gasteiger partial charge in [0.25, 0.3) is 5.91 Å². The first-order valence-corrected chi connectivity index (χ1v) is 9.38. The van der Waals surface area contributed by atoms with Gasteiger partial charge in [-0.25, -0.2) is 4.79 Å². The van der Waals surface area contributed by atoms with Crippen LogP contribution in [0.5, 0.6) is 0 Å². The highest BCUT2D eigenvalue weighted by Crippen LogP contribution is 2.29. The van der Waals surface area contributed by atoms with Crippen LogP contribution >= 0.6 is 0 Å². The molecule has 4 rings (SSSR count). The first-order chi connectivity index (χ1) is 13.6. The van der Waals surface area contributed by atoms with Crippen molar-refractivity contribution in [2.24, 2.45) is 0 Å². The molecule has 0 radical (unpaired) electrons. The molecule has 5 nitrogen and oxygen atoms in total. The van der Waals surface area contributed by atoms with Gasteiger partial charge >= 0.3 is 5.97 Å². The minimum atomic E-state index is -0.927. The van der Waals surface area contributed by atoms with E-state index in [0.29, 0.717) is 12.1 Å². The van der Waals surface area contributed by atoms with Gasteiger partial charge in [0, 0.05) is 30.1 Å². The van der Waals surface area contributed by atoms with E-state index in [4.69, 9.17) is 9.52 Å². The maximum absolute atomic E-state index is 13.1. The Labute approximate surface area is 163 Å². The van der Waals surface area contributed by atoms with Crippen LogP contribution in [0.15, 0.2) is 71.3 Å². The normalized spacial score (nSPS) is 16.7. The van der Waals surface area contributed by atoms with Crippen LogP contribution in [-0.2, 0) is 0 Å². The highest BCUT2D eigenvalue weighted by Gasteiger charge is 2.26. The molecule has 1 fully saturated rings. The van der Waals surface area contributed by atoms with Crippen molar-refractivity contribution in [3.63, 3.8) is 0 Å². The molecule has 1 saturated heterocycles. The Hall–Kier alpha value is -3.34. The summed E-state index contributed by atoms with van der Waals surface area (Å²) in [7, 11) is 0. The quantitative estimate of drug-likeness (QED) is 0.720. The van der Waals surface area contributed by atoms with E-state index in [1.165, 1.54) is 0 Å². The van der Waals surface area contributed by atoms with Crippen molar-refractivity contribution in [1.82, 2.24) is 4.90 Å². The predicted octanol–water partition coefficient (Wildman–Crippen LogP) is 4.66. The third kappa shape index (κ3) is 3.69. The lowest BCUT2D eigenvalue weighted by molar-refractivity contribution is 0.0693. The number of rotatable bonds is 4. The first-order valence-electron chi connectivity index (χ1n) is 9.38. The Morgan fingerprint density at radius 1 is 1.00 bits per heavy atom. The molecule has 1 aliphatic heterocycles. The third-order valence-corrected chi connectivity index (χ3v) is 5.25. The van der Waals surface area contributed by atoms with Gasteiger partial charge in [0.2, 0.25) is 0 Å². The van der Waals surface area contributed by atoms with Crippen molar-refractivity contribution in [3.8, 4) is 11.3 Å². The number of hydrogen-bond donors (Lipinski definition) is 1. The highest BCUT2D eigenvalue weighted by atomic mass is 16.4. The Morgan fingerprint density at radius 3 is 2.54 bits per heavy atom. The molecule has 0 saturated carbocycles. The minimum Gasteiger partial charge on any atom is -0.478 e. The second-order valence-electron chi connectivity index (χ2n) is 7.08. The molecule has 1 amide bonds. The zero-order valence-corrected chi connectivity index (χ0v) is 15.4. The number of carbonyl (C=O) groups excluding carboxylic acids is 1. The number of benzene rings is 2. The molecular weight excluding hydrogens is 354 g/mol. The van der Waals surface area contributed by atoms with E-state index >= 15 is 0 Å². The molecule has 0 aliphatic carbocycles. The van der Waals surface area contributed by atoms with Crippen LogP contribution in [0, 0.1) is 0 Å². The van der Waals surface area contributed by atoms with Gasteiger partial charge in [0.15, 0.2) is 0 Å². The van der Waals surface area contributed by atoms with E-state index in [0.717, 1.165) is 36.3 Å². The van der Waals surface area contributed by atoms with Crippen LogP contribution in [0.25, 0.3) is 11.3 Å². The summed E-state index contributed by atoms with van der Waals surface area (Å²) in [5, 5.41) is 9.06. The minimum absolute atomic E-state index is 0.0141. The average Bonchev–Trinajstić information content (AvgIpc) is 3.28. The molecular formula is C23H21NO4. The van der Waals surface area contributed by atoms with Crippen molar-refractivity contribution in [2.45, 2.75) is 18.8 Å². The molecule has 1 unspecified atom stereocenters. The lowest BCUT2D eigenvalue weighted by Crippen LogP contribution is -2.39. The summed E-state index contributed by atoms with van der Waals surface area (Å²) in [4.78, 5) is 26.0. The third-order valence-electron chi connectivity index (χ3n) is 5.25. The van der Waals surface area contributed by atoms with Crippen LogP contribution < -0.4 is 0 Å². The summed E-state index contributed by atoms with van der Waals surface area (Å²) in [6, 6.07) is 18.2. The van der Waals surface area contributed by atoms with Crippen molar-refractivity contribution in [1.29, 1.82) is 0 Å². The van der Waals surface area contributed by atoms with Gasteiger partial charge in [-0.05, 0) is 54.8 Å². The molecule has 1 aliphatic rings. The number of likely N-dealkylation sites (tertiary alicyclic amines) is 1. The molecule has 2 aromatic carbocycles. The molecule has 1 N–H and O–H groups in total. The second kappa shape index (κ2) is 7.72. The number of nitrogens with zero attached hydrogens (tertiary/aromatic N) is 1. The lowest BCUT2D eigenvalue weighted by Gasteiger charge is -2.33. The number of hydrogen-bond acceptors (Lipinski definition) is 3. The van der Waals surface area contributed by atoms with Gasteiger partial charge in [-0.2, -0.15) is 0 Å². The monoisotopic (exact) mass is 375 g/mol. The molecule has 142 valence electrons. The summed E-state index contributed by atoms with van der Waals surface area (Å²) in [5.74, 6) is 0.0437. The Bertz CT molecular complexity index is 976. The van der Waals surface area contributed by atoms with Crippen LogP contribution in [0.4, 0.5) is 0 Å². The van der Waals surface area contributed by atoms with Gasteiger partial charge in [-0.15, -0.1) is 0 Å². The van der Waals surface area contributed by atoms with Gasteiger partial charge in [-0.3, -0.25) is 4.79 Å². The van der Waals surface area contributed by atoms with Gasteiger partial charge < -0.3 is 14.4 Å². The van der Waals surface area contributed by atoms with E-state index in [-0.39, 0.29) is 17.4 Å². The van der Waals surface area contributed by atoms with Crippen LogP contribution in [0.1, 0.15) is 45.0 Å². The Kier molecular flexibility index (Phi) is 4.98. The van der Waals surface area contributed by atoms with Gasteiger partial charge in [0.05, 0.1) is 11.8 Å². The van der Waals surface area contributed by atoms with E-state index in [1.54, 1.807) is 18.4 Å². The Morgan fingerprint density at radius 2 is 1.82 bits per heavy atom. The maximum Gasteiger partial charge on any atom is 0.335 e. The molecule has 0 spiro atoms. The SMILES string of the molecule is O=C(O)c1ccc(C2CCCN(C(=O)c3cccc(-c4ccco4)c3)C2)cc1. The topological polar surface area (TPSA) is 70.8 Å². The lowest BCUT2D eigenvalue weighted by atomic mass is 9.89. The van der Waals surface area contributed by atoms with Gasteiger partial charge in [0.1, 0.15) is 5.76 Å². The summed E-state index contributed by atoms with van der Waals surface area (Å²) >= 11 is 0. The fourth-order valence-electron chi connectivity index (χ4n) is 3.76. The molecule has 2 heterocycles. The average molecular weight is 375 g/mol. The molecule has 28 heavy (non-hydrogen) atoms. The molecule has 5 heteroatoms. The fourth-order valence-corrected chi connectivity index (χ4v) is 3.76. The standard InChI is InChI=1S/C23H21NO4/c25-22(19-5-1-4-18(14-19)21-7-3-13-28-21)24-12-2-6-20(15-24)16-8-10-17(11-9-16)23(26)27/h1,3-5,7-11,13-14,20H,2,6,12,15H2,(H,26,27). The van der Waals surface area contributed by atoms with Crippen LogP contribution in [0.2, 0.25) is 0 Å². The van der Waals surface area contributed by atoms with Crippen molar-refractivity contribution >= 4 is 11.9 Å². The van der Waals surface area contributed by atoms with Crippen molar-refractivity contribution in [2.75, 3.05) is 13.1 Å². The van der Waals surface area contributed by atoms with Crippen LogP contribution in [-0.4, -0.2) is 35.0 Å². The summed E-state index contributed by atoms with van der Waals surface area (Å²) in [5.41, 5.74) is 2.89. The Balaban J connectivity index is 1.50. The second-order valence-corrected chi connectivity index (χ2v) is 7.08. The number of carboxylic acids is 1. The van der Waals surface area contributed by atoms with Crippen LogP contribution in [0.3, 0.4) is 0 Å². The number of aromatic carboxylic acids is 1. The highest BCUT2D eigenvalue weighted by molar-refractivity contribution is 5.95. The zero-order chi connectivity index (χ0) is 19.5. The van der Waals surface area contributed by atoms with E-state index in [1.807, 2.05) is 53.4 Å². The van der Waals surface area contributed by atoms with E-state index in [2.05, 4.69) is 0 Å². The summed E-state index contributed by atoms with van der Waals surface area (Å²) < 4.78 is 5.43. The summed E-state index contributed by atoms with van der Waals surface area (Å²) in [6.07, 6.45) is 3.53. The molecule has 1 atom stereocenters. The number of carbonyl (C=O) groups is 2. The van der Waals surface area contributed by atoms with Crippen molar-refractivity contribution < 1.29 is 19.1 Å². The number of furan rings is 1. The maximum atomic E-state index is 13.1. The summed E-state index contributed by atoms with van der Waals surface area (Å²) in [6.45, 7) is 1.36. The molecule has 0 bridgehead atoms. The number of amides is 1.